The molecule has 0 aliphatic rings. The molecule has 3 N–H and O–H groups in total. The van der Waals surface area contributed by atoms with E-state index in [1.54, 1.807) is 28.0 Å². The Bertz CT molecular complexity index is 713. The number of anilines is 1. The zero-order valence-electron chi connectivity index (χ0n) is 14.3. The quantitative estimate of drug-likeness (QED) is 0.740. The fraction of sp³-hybridized carbons (Fsp3) is 0.353. The molecular weight excluding hydrogens is 340 g/mol. The fourth-order valence-electron chi connectivity index (χ4n) is 2.46. The smallest absolute Gasteiger partial charge is 0.321 e. The van der Waals surface area contributed by atoms with Gasteiger partial charge in [-0.25, -0.2) is 0 Å². The Hall–Kier alpha value is -2.32. The van der Waals surface area contributed by atoms with E-state index in [-0.39, 0.29) is 17.4 Å². The van der Waals surface area contributed by atoms with Gasteiger partial charge < -0.3 is 10.8 Å². The Balaban J connectivity index is 2.17. The molecule has 0 saturated carbocycles. The molecule has 0 aliphatic carbocycles. The summed E-state index contributed by atoms with van der Waals surface area (Å²) >= 11 is 1.22. The van der Waals surface area contributed by atoms with Crippen LogP contribution in [0.25, 0.3) is 0 Å². The summed E-state index contributed by atoms with van der Waals surface area (Å²) in [6, 6.07) is 6.69. The van der Waals surface area contributed by atoms with Crippen molar-refractivity contribution >= 4 is 29.3 Å². The van der Waals surface area contributed by atoms with E-state index >= 15 is 0 Å². The number of para-hydroxylation sites is 1. The summed E-state index contributed by atoms with van der Waals surface area (Å²) in [6.07, 6.45) is 3.45. The van der Waals surface area contributed by atoms with E-state index in [2.05, 4.69) is 5.10 Å². The maximum atomic E-state index is 12.8. The van der Waals surface area contributed by atoms with E-state index in [0.29, 0.717) is 6.67 Å². The maximum Gasteiger partial charge on any atom is 0.321 e. The lowest BCUT2D eigenvalue weighted by Crippen LogP contribution is -2.37. The lowest BCUT2D eigenvalue weighted by Gasteiger charge is -2.26. The van der Waals surface area contributed by atoms with Crippen molar-refractivity contribution in [2.24, 2.45) is 5.73 Å². The monoisotopic (exact) mass is 362 g/mol. The molecule has 0 radical (unpaired) electrons. The van der Waals surface area contributed by atoms with Crippen LogP contribution in [0.2, 0.25) is 0 Å². The summed E-state index contributed by atoms with van der Waals surface area (Å²) in [7, 11) is 0. The minimum atomic E-state index is -1.07. The molecule has 0 aliphatic heterocycles. The Morgan fingerprint density at radius 1 is 1.32 bits per heavy atom. The average Bonchev–Trinajstić information content (AvgIpc) is 3.06. The highest BCUT2D eigenvalue weighted by Crippen LogP contribution is 2.26. The number of hydrogen-bond acceptors (Lipinski definition) is 5. The molecule has 2 aromatic rings. The zero-order chi connectivity index (χ0) is 18.4. The molecule has 1 aromatic carbocycles. The van der Waals surface area contributed by atoms with E-state index in [4.69, 9.17) is 10.8 Å². The van der Waals surface area contributed by atoms with Gasteiger partial charge >= 0.3 is 5.97 Å². The number of carboxylic acids is 1. The van der Waals surface area contributed by atoms with E-state index < -0.39 is 12.0 Å². The molecule has 0 spiro atoms. The van der Waals surface area contributed by atoms with Gasteiger partial charge in [0.15, 0.2) is 0 Å². The van der Waals surface area contributed by atoms with Gasteiger partial charge in [-0.3, -0.25) is 19.2 Å². The number of carbonyl (C=O) groups is 2. The molecule has 1 unspecified atom stereocenters. The fourth-order valence-corrected chi connectivity index (χ4v) is 3.30. The highest BCUT2D eigenvalue weighted by Gasteiger charge is 2.21. The largest absolute Gasteiger partial charge is 0.480 e. The predicted octanol–water partition coefficient (Wildman–Crippen LogP) is 1.64. The summed E-state index contributed by atoms with van der Waals surface area (Å²) < 4.78 is 1.68. The van der Waals surface area contributed by atoms with Gasteiger partial charge in [-0.1, -0.05) is 18.2 Å². The number of nitrogens with zero attached hydrogens (tertiary/aromatic N) is 3. The lowest BCUT2D eigenvalue weighted by molar-refractivity contribution is -0.137. The first kappa shape index (κ1) is 19.0. The molecule has 25 heavy (non-hydrogen) atoms. The van der Waals surface area contributed by atoms with Crippen LogP contribution in [-0.2, 0) is 16.3 Å². The molecule has 1 heterocycles. The van der Waals surface area contributed by atoms with Crippen molar-refractivity contribution in [1.29, 1.82) is 0 Å². The Morgan fingerprint density at radius 3 is 2.56 bits per heavy atom. The van der Waals surface area contributed by atoms with Crippen molar-refractivity contribution in [2.75, 3.05) is 16.4 Å². The third-order valence-electron chi connectivity index (χ3n) is 3.70. The molecule has 1 amide bonds. The normalized spacial score (nSPS) is 12.0. The Labute approximate surface area is 150 Å². The maximum absolute atomic E-state index is 12.8. The number of hydrogen-bond donors (Lipinski definition) is 2. The van der Waals surface area contributed by atoms with Gasteiger partial charge in [-0.2, -0.15) is 5.10 Å². The van der Waals surface area contributed by atoms with Crippen LogP contribution in [0.5, 0.6) is 0 Å². The second-order valence-electron chi connectivity index (χ2n) is 5.71. The number of thioether (sulfide) groups is 1. The second-order valence-corrected chi connectivity index (χ2v) is 6.74. The summed E-state index contributed by atoms with van der Waals surface area (Å²) in [5.74, 6) is -0.849. The lowest BCUT2D eigenvalue weighted by atomic mass is 10.1. The molecular formula is C17H22N4O3S. The Kier molecular flexibility index (Phi) is 6.60. The molecule has 1 aromatic heterocycles. The first-order valence-electron chi connectivity index (χ1n) is 7.80. The molecule has 0 fully saturated rings. The Morgan fingerprint density at radius 2 is 2.00 bits per heavy atom. The highest BCUT2D eigenvalue weighted by molar-refractivity contribution is 8.00. The molecule has 7 nitrogen and oxygen atoms in total. The molecule has 2 rings (SSSR count). The zero-order valence-corrected chi connectivity index (χ0v) is 15.1. The van der Waals surface area contributed by atoms with Gasteiger partial charge in [0.25, 0.3) is 0 Å². The number of carboxylic acid groups (broad SMARTS) is 1. The highest BCUT2D eigenvalue weighted by atomic mass is 32.2. The van der Waals surface area contributed by atoms with Gasteiger partial charge in [0.05, 0.1) is 11.4 Å². The van der Waals surface area contributed by atoms with Gasteiger partial charge in [0, 0.05) is 18.1 Å². The molecule has 1 atom stereocenters. The number of aliphatic carboxylic acids is 1. The van der Waals surface area contributed by atoms with Gasteiger partial charge in [-0.15, -0.1) is 11.8 Å². The molecule has 0 bridgehead atoms. The van der Waals surface area contributed by atoms with E-state index in [9.17, 15) is 9.59 Å². The third kappa shape index (κ3) is 5.07. The van der Waals surface area contributed by atoms with Gasteiger partial charge in [0.2, 0.25) is 5.91 Å². The van der Waals surface area contributed by atoms with Crippen LogP contribution >= 0.6 is 11.8 Å². The molecule has 8 heteroatoms. The van der Waals surface area contributed by atoms with Gasteiger partial charge in [-0.05, 0) is 31.0 Å². The number of benzene rings is 1. The number of aryl methyl sites for hydroxylation is 2. The van der Waals surface area contributed by atoms with Crippen LogP contribution < -0.4 is 10.6 Å². The standard InChI is InChI=1S/C17H22N4O3S/c1-12-5-3-6-13(2)16(12)21(11-20-8-4-7-19-20)15(22)10-25-9-14(18)17(23)24/h3-8,14H,9-11,18H2,1-2H3,(H,23,24). The molecule has 0 saturated heterocycles. The number of rotatable bonds is 8. The van der Waals surface area contributed by atoms with Crippen molar-refractivity contribution in [3.8, 4) is 0 Å². The van der Waals surface area contributed by atoms with E-state index in [0.717, 1.165) is 16.8 Å². The number of nitrogens with two attached hydrogens (primary N) is 1. The van der Waals surface area contributed by atoms with Crippen LogP contribution in [0.1, 0.15) is 11.1 Å². The molecule has 134 valence electrons. The van der Waals surface area contributed by atoms with Crippen LogP contribution in [0.15, 0.2) is 36.7 Å². The van der Waals surface area contributed by atoms with Gasteiger partial charge in [0.1, 0.15) is 12.7 Å². The summed E-state index contributed by atoms with van der Waals surface area (Å²) in [5, 5.41) is 13.0. The van der Waals surface area contributed by atoms with Crippen LogP contribution in [0, 0.1) is 13.8 Å². The second kappa shape index (κ2) is 8.68. The summed E-state index contributed by atoms with van der Waals surface area (Å²) in [4.78, 5) is 25.3. The number of carbonyl (C=O) groups excluding carboxylic acids is 1. The summed E-state index contributed by atoms with van der Waals surface area (Å²) in [6.45, 7) is 4.21. The minimum absolute atomic E-state index is 0.115. The van der Waals surface area contributed by atoms with Crippen molar-refractivity contribution in [1.82, 2.24) is 9.78 Å². The summed E-state index contributed by atoms with van der Waals surface area (Å²) in [5.41, 5.74) is 8.33. The predicted molar refractivity (Wildman–Crippen MR) is 98.6 cm³/mol. The van der Waals surface area contributed by atoms with Crippen LogP contribution in [-0.4, -0.2) is 44.3 Å². The number of amides is 1. The average molecular weight is 362 g/mol. The number of aromatic nitrogens is 2. The van der Waals surface area contributed by atoms with Crippen LogP contribution in [0.3, 0.4) is 0 Å². The van der Waals surface area contributed by atoms with Crippen molar-refractivity contribution in [2.45, 2.75) is 26.6 Å². The first-order valence-corrected chi connectivity index (χ1v) is 8.95. The van der Waals surface area contributed by atoms with Crippen LogP contribution in [0.4, 0.5) is 5.69 Å². The van der Waals surface area contributed by atoms with Crippen molar-refractivity contribution in [3.63, 3.8) is 0 Å². The van der Waals surface area contributed by atoms with Crippen molar-refractivity contribution < 1.29 is 14.7 Å². The third-order valence-corrected chi connectivity index (χ3v) is 4.74. The SMILES string of the molecule is Cc1cccc(C)c1N(Cn1cccn1)C(=O)CSCC(N)C(=O)O. The minimum Gasteiger partial charge on any atom is -0.480 e. The topological polar surface area (TPSA) is 101 Å². The van der Waals surface area contributed by atoms with E-state index in [1.165, 1.54) is 11.8 Å². The van der Waals surface area contributed by atoms with E-state index in [1.807, 2.05) is 32.0 Å². The van der Waals surface area contributed by atoms with Crippen molar-refractivity contribution in [3.05, 3.63) is 47.8 Å². The first-order chi connectivity index (χ1) is 11.9.